The molecule has 4 amide bonds. The number of hydrogen-bond acceptors (Lipinski definition) is 4. The molecule has 1 aliphatic heterocycles. The molecule has 1 aliphatic rings. The van der Waals surface area contributed by atoms with E-state index in [2.05, 4.69) is 5.32 Å². The summed E-state index contributed by atoms with van der Waals surface area (Å²) in [6.07, 6.45) is -0.104. The molecule has 7 heteroatoms. The number of hydrogen-bond donors (Lipinski definition) is 1. The molecule has 1 fully saturated rings. The summed E-state index contributed by atoms with van der Waals surface area (Å²) in [6, 6.07) is 18.8. The van der Waals surface area contributed by atoms with Crippen LogP contribution in [0.3, 0.4) is 0 Å². The first-order chi connectivity index (χ1) is 14.5. The lowest BCUT2D eigenvalue weighted by Crippen LogP contribution is -2.37. The third-order valence-corrected chi connectivity index (χ3v) is 5.81. The van der Waals surface area contributed by atoms with Crippen LogP contribution < -0.4 is 10.2 Å². The van der Waals surface area contributed by atoms with Crippen molar-refractivity contribution in [2.45, 2.75) is 25.9 Å². The molecular weight excluding hydrogens is 398 g/mol. The van der Waals surface area contributed by atoms with Gasteiger partial charge in [-0.2, -0.15) is 0 Å². The number of imide groups is 1. The van der Waals surface area contributed by atoms with Gasteiger partial charge in [0.05, 0.1) is 18.7 Å². The molecule has 152 valence electrons. The van der Waals surface area contributed by atoms with Gasteiger partial charge in [-0.25, -0.2) is 9.69 Å². The van der Waals surface area contributed by atoms with Crippen molar-refractivity contribution in [3.8, 4) is 0 Å². The third-order valence-electron chi connectivity index (χ3n) is 4.95. The summed E-state index contributed by atoms with van der Waals surface area (Å²) in [5.41, 5.74) is 2.20. The Morgan fingerprint density at radius 3 is 2.40 bits per heavy atom. The maximum Gasteiger partial charge on any atom is 0.332 e. The minimum atomic E-state index is -0.857. The Labute approximate surface area is 178 Å². The number of benzene rings is 2. The fraction of sp³-hybridized carbons (Fsp3) is 0.174. The first kappa shape index (κ1) is 19.8. The standard InChI is InChI=1S/C23H21N3O3S/c1-16-9-11-18(12-10-16)26-22(28)20(14-21(27)24-17-6-3-2-4-7-17)25(23(26)29)15-19-8-5-13-30-19/h2-13,20H,14-15H2,1H3,(H,24,27). The molecular formula is C23H21N3O3S. The number of carbonyl (C=O) groups excluding carboxylic acids is 3. The number of amides is 4. The van der Waals surface area contributed by atoms with Crippen LogP contribution in [0.25, 0.3) is 0 Å². The zero-order chi connectivity index (χ0) is 21.1. The summed E-state index contributed by atoms with van der Waals surface area (Å²) < 4.78 is 0. The molecule has 3 aromatic rings. The normalized spacial score (nSPS) is 16.2. The molecule has 0 spiro atoms. The van der Waals surface area contributed by atoms with Crippen LogP contribution in [0.2, 0.25) is 0 Å². The molecule has 0 radical (unpaired) electrons. The second kappa shape index (κ2) is 8.51. The number of para-hydroxylation sites is 1. The molecule has 0 aliphatic carbocycles. The molecule has 1 saturated heterocycles. The summed E-state index contributed by atoms with van der Waals surface area (Å²) in [5, 5.41) is 4.72. The second-order valence-electron chi connectivity index (χ2n) is 7.13. The lowest BCUT2D eigenvalue weighted by molar-refractivity contribution is -0.124. The van der Waals surface area contributed by atoms with E-state index in [4.69, 9.17) is 0 Å². The van der Waals surface area contributed by atoms with Gasteiger partial charge in [-0.15, -0.1) is 11.3 Å². The Hall–Kier alpha value is -3.45. The largest absolute Gasteiger partial charge is 0.332 e. The van der Waals surface area contributed by atoms with E-state index < -0.39 is 12.1 Å². The van der Waals surface area contributed by atoms with Gasteiger partial charge in [0.25, 0.3) is 5.91 Å². The van der Waals surface area contributed by atoms with E-state index in [1.54, 1.807) is 24.3 Å². The highest BCUT2D eigenvalue weighted by Crippen LogP contribution is 2.29. The third kappa shape index (κ3) is 4.11. The van der Waals surface area contributed by atoms with Crippen LogP contribution in [-0.2, 0) is 16.1 Å². The number of nitrogens with one attached hydrogen (secondary N) is 1. The Bertz CT molecular complexity index is 1050. The average Bonchev–Trinajstić information content (AvgIpc) is 3.33. The van der Waals surface area contributed by atoms with Crippen molar-refractivity contribution in [1.29, 1.82) is 0 Å². The predicted octanol–water partition coefficient (Wildman–Crippen LogP) is 4.42. The van der Waals surface area contributed by atoms with E-state index in [1.807, 2.05) is 54.8 Å². The first-order valence-corrected chi connectivity index (χ1v) is 10.5. The fourth-order valence-electron chi connectivity index (χ4n) is 3.42. The van der Waals surface area contributed by atoms with E-state index in [0.29, 0.717) is 11.4 Å². The lowest BCUT2D eigenvalue weighted by atomic mass is 10.1. The quantitative estimate of drug-likeness (QED) is 0.601. The number of urea groups is 1. The van der Waals surface area contributed by atoms with E-state index in [9.17, 15) is 14.4 Å². The van der Waals surface area contributed by atoms with Crippen molar-refractivity contribution in [3.63, 3.8) is 0 Å². The number of thiophene rings is 1. The van der Waals surface area contributed by atoms with E-state index in [1.165, 1.54) is 21.1 Å². The smallest absolute Gasteiger partial charge is 0.326 e. The summed E-state index contributed by atoms with van der Waals surface area (Å²) in [5.74, 6) is -0.696. The summed E-state index contributed by atoms with van der Waals surface area (Å²) in [4.78, 5) is 42.6. The lowest BCUT2D eigenvalue weighted by Gasteiger charge is -2.21. The topological polar surface area (TPSA) is 69.7 Å². The maximum atomic E-state index is 13.2. The van der Waals surface area contributed by atoms with Crippen LogP contribution in [0.5, 0.6) is 0 Å². The number of rotatable bonds is 6. The van der Waals surface area contributed by atoms with Crippen molar-refractivity contribution < 1.29 is 14.4 Å². The summed E-state index contributed by atoms with van der Waals surface area (Å²) >= 11 is 1.51. The molecule has 1 N–H and O–H groups in total. The SMILES string of the molecule is Cc1ccc(N2C(=O)C(CC(=O)Nc3ccccc3)N(Cc3cccs3)C2=O)cc1. The van der Waals surface area contributed by atoms with Crippen LogP contribution in [0.4, 0.5) is 16.2 Å². The van der Waals surface area contributed by atoms with E-state index in [-0.39, 0.29) is 24.8 Å². The fourth-order valence-corrected chi connectivity index (χ4v) is 4.13. The van der Waals surface area contributed by atoms with Crippen molar-refractivity contribution in [2.24, 2.45) is 0 Å². The molecule has 0 saturated carbocycles. The van der Waals surface area contributed by atoms with Gasteiger partial charge in [-0.05, 0) is 42.6 Å². The predicted molar refractivity (Wildman–Crippen MR) is 117 cm³/mol. The van der Waals surface area contributed by atoms with Crippen molar-refractivity contribution >= 4 is 40.6 Å². The Morgan fingerprint density at radius 1 is 1.00 bits per heavy atom. The number of carbonyl (C=O) groups is 3. The zero-order valence-corrected chi connectivity index (χ0v) is 17.3. The minimum Gasteiger partial charge on any atom is -0.326 e. The highest BCUT2D eigenvalue weighted by Gasteiger charge is 2.46. The van der Waals surface area contributed by atoms with Gasteiger partial charge in [0.2, 0.25) is 5.91 Å². The molecule has 0 bridgehead atoms. The number of nitrogens with zero attached hydrogens (tertiary/aromatic N) is 2. The molecule has 1 aromatic heterocycles. The van der Waals surface area contributed by atoms with E-state index >= 15 is 0 Å². The second-order valence-corrected chi connectivity index (χ2v) is 8.17. The van der Waals surface area contributed by atoms with Gasteiger partial charge in [0.15, 0.2) is 0 Å². The van der Waals surface area contributed by atoms with Crippen molar-refractivity contribution in [3.05, 3.63) is 82.6 Å². The summed E-state index contributed by atoms with van der Waals surface area (Å²) in [6.45, 7) is 2.23. The Kier molecular flexibility index (Phi) is 5.63. The van der Waals surface area contributed by atoms with Crippen LogP contribution in [0, 0.1) is 6.92 Å². The van der Waals surface area contributed by atoms with Crippen molar-refractivity contribution in [2.75, 3.05) is 10.2 Å². The van der Waals surface area contributed by atoms with Crippen LogP contribution in [0.1, 0.15) is 16.9 Å². The minimum absolute atomic E-state index is 0.104. The molecule has 1 unspecified atom stereocenters. The molecule has 30 heavy (non-hydrogen) atoms. The van der Waals surface area contributed by atoms with Gasteiger partial charge < -0.3 is 10.2 Å². The van der Waals surface area contributed by atoms with Gasteiger partial charge in [0, 0.05) is 10.6 Å². The molecule has 2 heterocycles. The number of anilines is 2. The molecule has 2 aromatic carbocycles. The van der Waals surface area contributed by atoms with Crippen molar-refractivity contribution in [1.82, 2.24) is 4.90 Å². The average molecular weight is 420 g/mol. The van der Waals surface area contributed by atoms with Crippen LogP contribution in [-0.4, -0.2) is 28.8 Å². The monoisotopic (exact) mass is 419 g/mol. The zero-order valence-electron chi connectivity index (χ0n) is 16.4. The van der Waals surface area contributed by atoms with Crippen LogP contribution >= 0.6 is 11.3 Å². The van der Waals surface area contributed by atoms with Gasteiger partial charge in [-0.1, -0.05) is 42.0 Å². The van der Waals surface area contributed by atoms with E-state index in [0.717, 1.165) is 10.4 Å². The molecule has 4 rings (SSSR count). The number of aryl methyl sites for hydroxylation is 1. The van der Waals surface area contributed by atoms with Gasteiger partial charge in [0.1, 0.15) is 6.04 Å². The Balaban J connectivity index is 1.59. The highest BCUT2D eigenvalue weighted by molar-refractivity contribution is 7.09. The first-order valence-electron chi connectivity index (χ1n) is 9.61. The van der Waals surface area contributed by atoms with Crippen LogP contribution in [0.15, 0.2) is 72.1 Å². The molecule has 1 atom stereocenters. The van der Waals surface area contributed by atoms with Gasteiger partial charge >= 0.3 is 6.03 Å². The molecule has 6 nitrogen and oxygen atoms in total. The van der Waals surface area contributed by atoms with Gasteiger partial charge in [-0.3, -0.25) is 9.59 Å². The Morgan fingerprint density at radius 2 is 1.73 bits per heavy atom. The maximum absolute atomic E-state index is 13.2. The summed E-state index contributed by atoms with van der Waals surface area (Å²) in [7, 11) is 0. The highest BCUT2D eigenvalue weighted by atomic mass is 32.1.